The number of rotatable bonds is 2. The minimum Gasteiger partial charge on any atom is -0.320 e. The highest BCUT2D eigenvalue weighted by Gasteiger charge is 2.14. The Kier molecular flexibility index (Phi) is 4.30. The van der Waals surface area contributed by atoms with E-state index in [4.69, 9.17) is 34.8 Å². The first-order chi connectivity index (χ1) is 8.97. The molecule has 0 atom stereocenters. The van der Waals surface area contributed by atoms with E-state index in [1.165, 1.54) is 12.1 Å². The van der Waals surface area contributed by atoms with Crippen LogP contribution < -0.4 is 5.32 Å². The standard InChI is InChI=1S/C13H9Cl3N2O/c1-7-2-3-8(14)6-10(7)17-13(19)12-9(15)4-5-11(16)18-12/h2-6H,1H3,(H,17,19). The maximum Gasteiger partial charge on any atom is 0.275 e. The molecule has 1 aromatic heterocycles. The summed E-state index contributed by atoms with van der Waals surface area (Å²) in [5.41, 5.74) is 1.57. The predicted octanol–water partition coefficient (Wildman–Crippen LogP) is 4.60. The fourth-order valence-electron chi connectivity index (χ4n) is 1.49. The molecule has 2 rings (SSSR count). The molecule has 0 radical (unpaired) electrons. The second-order valence-electron chi connectivity index (χ2n) is 3.88. The lowest BCUT2D eigenvalue weighted by Crippen LogP contribution is -2.15. The Hall–Kier alpha value is -1.29. The van der Waals surface area contributed by atoms with Crippen LogP contribution in [0.2, 0.25) is 15.2 Å². The van der Waals surface area contributed by atoms with Gasteiger partial charge in [-0.1, -0.05) is 40.9 Å². The van der Waals surface area contributed by atoms with Crippen molar-refractivity contribution in [1.29, 1.82) is 0 Å². The highest BCUT2D eigenvalue weighted by Crippen LogP contribution is 2.22. The van der Waals surface area contributed by atoms with Gasteiger partial charge in [-0.25, -0.2) is 4.98 Å². The van der Waals surface area contributed by atoms with Crippen LogP contribution in [0, 0.1) is 6.92 Å². The van der Waals surface area contributed by atoms with Crippen LogP contribution in [0.15, 0.2) is 30.3 Å². The van der Waals surface area contributed by atoms with Crippen molar-refractivity contribution in [3.63, 3.8) is 0 Å². The van der Waals surface area contributed by atoms with Crippen LogP contribution in [0.25, 0.3) is 0 Å². The number of carbonyl (C=O) groups is 1. The first-order valence-electron chi connectivity index (χ1n) is 5.37. The summed E-state index contributed by atoms with van der Waals surface area (Å²) in [4.78, 5) is 16.0. The number of amides is 1. The molecular weight excluding hydrogens is 307 g/mol. The first-order valence-corrected chi connectivity index (χ1v) is 6.50. The molecule has 98 valence electrons. The van der Waals surface area contributed by atoms with E-state index in [2.05, 4.69) is 10.3 Å². The zero-order valence-electron chi connectivity index (χ0n) is 9.88. The summed E-state index contributed by atoms with van der Waals surface area (Å²) in [7, 11) is 0. The number of aryl methyl sites for hydroxylation is 1. The van der Waals surface area contributed by atoms with Crippen molar-refractivity contribution in [3.8, 4) is 0 Å². The topological polar surface area (TPSA) is 42.0 Å². The van der Waals surface area contributed by atoms with Crippen molar-refractivity contribution in [2.24, 2.45) is 0 Å². The average Bonchev–Trinajstić information content (AvgIpc) is 2.36. The summed E-state index contributed by atoms with van der Waals surface area (Å²) < 4.78 is 0. The molecule has 0 aliphatic heterocycles. The number of nitrogens with zero attached hydrogens (tertiary/aromatic N) is 1. The summed E-state index contributed by atoms with van der Waals surface area (Å²) in [6.07, 6.45) is 0. The Labute approximate surface area is 125 Å². The molecular formula is C13H9Cl3N2O. The third-order valence-electron chi connectivity index (χ3n) is 2.47. The Bertz CT molecular complexity index is 644. The Morgan fingerprint density at radius 2 is 1.89 bits per heavy atom. The number of halogens is 3. The molecule has 1 N–H and O–H groups in total. The Balaban J connectivity index is 2.30. The van der Waals surface area contributed by atoms with E-state index in [0.29, 0.717) is 10.7 Å². The monoisotopic (exact) mass is 314 g/mol. The van der Waals surface area contributed by atoms with E-state index in [-0.39, 0.29) is 15.9 Å². The minimum absolute atomic E-state index is 0.0774. The van der Waals surface area contributed by atoms with Gasteiger partial charge in [0.2, 0.25) is 0 Å². The van der Waals surface area contributed by atoms with Crippen LogP contribution in [-0.4, -0.2) is 10.9 Å². The number of carbonyl (C=O) groups excluding carboxylic acids is 1. The summed E-state index contributed by atoms with van der Waals surface area (Å²) >= 11 is 17.6. The number of hydrogen-bond donors (Lipinski definition) is 1. The molecule has 0 bridgehead atoms. The van der Waals surface area contributed by atoms with Crippen molar-refractivity contribution in [2.75, 3.05) is 5.32 Å². The Morgan fingerprint density at radius 1 is 1.16 bits per heavy atom. The van der Waals surface area contributed by atoms with Crippen molar-refractivity contribution >= 4 is 46.4 Å². The zero-order valence-corrected chi connectivity index (χ0v) is 12.1. The summed E-state index contributed by atoms with van der Waals surface area (Å²) in [5.74, 6) is -0.433. The number of aromatic nitrogens is 1. The van der Waals surface area contributed by atoms with Crippen molar-refractivity contribution in [1.82, 2.24) is 4.98 Å². The highest BCUT2D eigenvalue weighted by molar-refractivity contribution is 6.35. The van der Waals surface area contributed by atoms with Gasteiger partial charge in [0.15, 0.2) is 0 Å². The number of nitrogens with one attached hydrogen (secondary N) is 1. The molecule has 1 heterocycles. The minimum atomic E-state index is -0.433. The molecule has 19 heavy (non-hydrogen) atoms. The molecule has 6 heteroatoms. The van der Waals surface area contributed by atoms with Crippen LogP contribution in [0.3, 0.4) is 0 Å². The van der Waals surface area contributed by atoms with Gasteiger partial charge in [-0.05, 0) is 36.8 Å². The van der Waals surface area contributed by atoms with E-state index in [1.54, 1.807) is 12.1 Å². The zero-order chi connectivity index (χ0) is 14.0. The first kappa shape index (κ1) is 14.1. The van der Waals surface area contributed by atoms with Crippen molar-refractivity contribution in [3.05, 3.63) is 56.8 Å². The molecule has 0 unspecified atom stereocenters. The van der Waals surface area contributed by atoms with Gasteiger partial charge in [-0.3, -0.25) is 4.79 Å². The molecule has 0 fully saturated rings. The van der Waals surface area contributed by atoms with Crippen molar-refractivity contribution < 1.29 is 4.79 Å². The normalized spacial score (nSPS) is 10.3. The number of anilines is 1. The van der Waals surface area contributed by atoms with Crippen molar-refractivity contribution in [2.45, 2.75) is 6.92 Å². The molecule has 0 saturated carbocycles. The largest absolute Gasteiger partial charge is 0.320 e. The van der Waals surface area contributed by atoms with Crippen LogP contribution in [0.5, 0.6) is 0 Å². The van der Waals surface area contributed by atoms with Gasteiger partial charge in [0.25, 0.3) is 5.91 Å². The summed E-state index contributed by atoms with van der Waals surface area (Å²) in [6.45, 7) is 1.86. The fraction of sp³-hybridized carbons (Fsp3) is 0.0769. The maximum atomic E-state index is 12.1. The lowest BCUT2D eigenvalue weighted by Gasteiger charge is -2.09. The quantitative estimate of drug-likeness (QED) is 0.823. The molecule has 0 aliphatic carbocycles. The second kappa shape index (κ2) is 5.78. The molecule has 1 amide bonds. The van der Waals surface area contributed by atoms with Gasteiger partial charge in [0.05, 0.1) is 5.02 Å². The van der Waals surface area contributed by atoms with E-state index in [1.807, 2.05) is 13.0 Å². The van der Waals surface area contributed by atoms with E-state index in [0.717, 1.165) is 5.56 Å². The van der Waals surface area contributed by atoms with E-state index in [9.17, 15) is 4.79 Å². The average molecular weight is 316 g/mol. The summed E-state index contributed by atoms with van der Waals surface area (Å²) in [6, 6.07) is 8.26. The van der Waals surface area contributed by atoms with E-state index < -0.39 is 5.91 Å². The molecule has 0 saturated heterocycles. The SMILES string of the molecule is Cc1ccc(Cl)cc1NC(=O)c1nc(Cl)ccc1Cl. The molecule has 1 aromatic carbocycles. The van der Waals surface area contributed by atoms with Gasteiger partial charge < -0.3 is 5.32 Å². The number of hydrogen-bond acceptors (Lipinski definition) is 2. The van der Waals surface area contributed by atoms with Gasteiger partial charge in [0.1, 0.15) is 10.8 Å². The maximum absolute atomic E-state index is 12.1. The van der Waals surface area contributed by atoms with Crippen LogP contribution in [0.1, 0.15) is 16.1 Å². The Morgan fingerprint density at radius 3 is 2.63 bits per heavy atom. The number of benzene rings is 1. The second-order valence-corrected chi connectivity index (χ2v) is 5.11. The van der Waals surface area contributed by atoms with Gasteiger partial charge in [0, 0.05) is 10.7 Å². The summed E-state index contributed by atoms with van der Waals surface area (Å²) in [5, 5.41) is 3.68. The third-order valence-corrected chi connectivity index (χ3v) is 3.23. The highest BCUT2D eigenvalue weighted by atomic mass is 35.5. The molecule has 0 aliphatic rings. The lowest BCUT2D eigenvalue weighted by atomic mass is 10.2. The van der Waals surface area contributed by atoms with Gasteiger partial charge in [-0.15, -0.1) is 0 Å². The predicted molar refractivity (Wildman–Crippen MR) is 78.4 cm³/mol. The lowest BCUT2D eigenvalue weighted by molar-refractivity contribution is 0.102. The fourth-order valence-corrected chi connectivity index (χ4v) is 2.00. The van der Waals surface area contributed by atoms with E-state index >= 15 is 0 Å². The molecule has 0 spiro atoms. The smallest absolute Gasteiger partial charge is 0.275 e. The van der Waals surface area contributed by atoms with Gasteiger partial charge in [-0.2, -0.15) is 0 Å². The van der Waals surface area contributed by atoms with Crippen LogP contribution in [-0.2, 0) is 0 Å². The number of pyridine rings is 1. The van der Waals surface area contributed by atoms with Gasteiger partial charge >= 0.3 is 0 Å². The van der Waals surface area contributed by atoms with Crippen LogP contribution in [0.4, 0.5) is 5.69 Å². The third kappa shape index (κ3) is 3.38. The molecule has 3 nitrogen and oxygen atoms in total. The molecule has 2 aromatic rings. The van der Waals surface area contributed by atoms with Crippen LogP contribution >= 0.6 is 34.8 Å².